The highest BCUT2D eigenvalue weighted by atomic mass is 79.9. The molecular weight excluding hydrogens is 430 g/mol. The van der Waals surface area contributed by atoms with Crippen LogP contribution >= 0.6 is 27.3 Å². The molecule has 25 heavy (non-hydrogen) atoms. The number of rotatable bonds is 6. The number of hydrogen-bond donors (Lipinski definition) is 2. The average Bonchev–Trinajstić information content (AvgIpc) is 2.90. The summed E-state index contributed by atoms with van der Waals surface area (Å²) in [6, 6.07) is 3.64. The summed E-state index contributed by atoms with van der Waals surface area (Å²) in [5.41, 5.74) is 0.768. The second-order valence-electron chi connectivity index (χ2n) is 5.60. The number of benzene rings is 1. The van der Waals surface area contributed by atoms with Crippen molar-refractivity contribution in [1.29, 1.82) is 0 Å². The highest BCUT2D eigenvalue weighted by Gasteiger charge is 2.20. The number of nitrogens with one attached hydrogen (secondary N) is 2. The van der Waals surface area contributed by atoms with Crippen molar-refractivity contribution in [3.8, 4) is 5.75 Å². The molecular formula is C15H18BrN3O4S2. The molecule has 1 heterocycles. The topological polar surface area (TPSA) is 97.4 Å². The molecule has 10 heteroatoms. The lowest BCUT2D eigenvalue weighted by atomic mass is 10.0. The number of ether oxygens (including phenoxy) is 1. The predicted octanol–water partition coefficient (Wildman–Crippen LogP) is 3.62. The number of halogens is 1. The van der Waals surface area contributed by atoms with Crippen LogP contribution in [0, 0.1) is 5.92 Å². The van der Waals surface area contributed by atoms with Gasteiger partial charge >= 0.3 is 6.03 Å². The van der Waals surface area contributed by atoms with Gasteiger partial charge in [0.05, 0.1) is 22.0 Å². The normalized spacial score (nSPS) is 11.4. The largest absolute Gasteiger partial charge is 0.496 e. The fraction of sp³-hybridized carbons (Fsp3) is 0.333. The predicted molar refractivity (Wildman–Crippen MR) is 101 cm³/mol. The van der Waals surface area contributed by atoms with E-state index in [4.69, 9.17) is 4.74 Å². The number of anilines is 1. The van der Waals surface area contributed by atoms with Gasteiger partial charge in [0.25, 0.3) is 10.0 Å². The minimum atomic E-state index is -4.01. The van der Waals surface area contributed by atoms with Gasteiger partial charge in [-0.25, -0.2) is 22.9 Å². The van der Waals surface area contributed by atoms with Gasteiger partial charge in [0.1, 0.15) is 5.75 Å². The molecule has 2 N–H and O–H groups in total. The molecule has 0 bridgehead atoms. The second kappa shape index (κ2) is 8.15. The van der Waals surface area contributed by atoms with E-state index in [1.54, 1.807) is 6.07 Å². The molecule has 2 aromatic rings. The Balaban J connectivity index is 2.19. The maximum Gasteiger partial charge on any atom is 0.334 e. The maximum absolute atomic E-state index is 12.4. The van der Waals surface area contributed by atoms with Crippen LogP contribution in [0.2, 0.25) is 0 Å². The summed E-state index contributed by atoms with van der Waals surface area (Å²) in [5.74, 6) is 0.941. The SMILES string of the molecule is COc1ccc(S(=O)(=O)NC(=O)Nc2ncc(Br)s2)cc1CC(C)C. The Hall–Kier alpha value is -1.65. The zero-order valence-electron chi connectivity index (χ0n) is 13.9. The van der Waals surface area contributed by atoms with Crippen molar-refractivity contribution < 1.29 is 17.9 Å². The Morgan fingerprint density at radius 2 is 2.12 bits per heavy atom. The fourth-order valence-corrected chi connectivity index (χ4v) is 4.20. The molecule has 0 aliphatic heterocycles. The molecule has 7 nitrogen and oxygen atoms in total. The smallest absolute Gasteiger partial charge is 0.334 e. The van der Waals surface area contributed by atoms with Crippen LogP contribution in [0.15, 0.2) is 33.1 Å². The Kier molecular flexibility index (Phi) is 6.42. The number of carbonyl (C=O) groups excluding carboxylic acids is 1. The van der Waals surface area contributed by atoms with Gasteiger partial charge in [0.15, 0.2) is 5.13 Å². The monoisotopic (exact) mass is 447 g/mol. The quantitative estimate of drug-likeness (QED) is 0.704. The maximum atomic E-state index is 12.4. The number of urea groups is 1. The van der Waals surface area contributed by atoms with Gasteiger partial charge in [-0.1, -0.05) is 25.2 Å². The zero-order chi connectivity index (χ0) is 18.6. The molecule has 1 aromatic heterocycles. The summed E-state index contributed by atoms with van der Waals surface area (Å²) in [4.78, 5) is 15.8. The van der Waals surface area contributed by atoms with E-state index in [0.717, 1.165) is 9.35 Å². The molecule has 136 valence electrons. The first kappa shape index (κ1) is 19.7. The molecule has 0 aliphatic carbocycles. The Bertz CT molecular complexity index is 865. The summed E-state index contributed by atoms with van der Waals surface area (Å²) < 4.78 is 32.8. The zero-order valence-corrected chi connectivity index (χ0v) is 17.1. The van der Waals surface area contributed by atoms with Gasteiger partial charge in [-0.05, 0) is 52.0 Å². The van der Waals surface area contributed by atoms with Crippen LogP contribution in [0.25, 0.3) is 0 Å². The van der Waals surface area contributed by atoms with E-state index < -0.39 is 16.1 Å². The molecule has 0 atom stereocenters. The molecule has 1 aromatic carbocycles. The van der Waals surface area contributed by atoms with E-state index in [1.807, 2.05) is 18.6 Å². The summed E-state index contributed by atoms with van der Waals surface area (Å²) in [6.07, 6.45) is 2.17. The van der Waals surface area contributed by atoms with Gasteiger partial charge in [-0.15, -0.1) is 0 Å². The number of thiazole rings is 1. The van der Waals surface area contributed by atoms with E-state index in [0.29, 0.717) is 18.1 Å². The van der Waals surface area contributed by atoms with E-state index in [9.17, 15) is 13.2 Å². The van der Waals surface area contributed by atoms with Crippen LogP contribution in [-0.4, -0.2) is 26.5 Å². The van der Waals surface area contributed by atoms with Gasteiger partial charge in [0, 0.05) is 0 Å². The van der Waals surface area contributed by atoms with Crippen molar-refractivity contribution >= 4 is 48.5 Å². The summed E-state index contributed by atoms with van der Waals surface area (Å²) >= 11 is 4.39. The number of carbonyl (C=O) groups is 1. The Labute approximate surface area is 159 Å². The van der Waals surface area contributed by atoms with Gasteiger partial charge < -0.3 is 4.74 Å². The Morgan fingerprint density at radius 3 is 2.68 bits per heavy atom. The van der Waals surface area contributed by atoms with E-state index in [2.05, 4.69) is 26.2 Å². The standard InChI is InChI=1S/C15H18BrN3O4S2/c1-9(2)6-10-7-11(4-5-12(10)23-3)25(21,22)19-14(20)18-15-17-8-13(16)24-15/h4-5,7-9H,6H2,1-3H3,(H2,17,18,19,20). The van der Waals surface area contributed by atoms with E-state index in [1.165, 1.54) is 36.8 Å². The number of nitrogens with zero attached hydrogens (tertiary/aromatic N) is 1. The van der Waals surface area contributed by atoms with Crippen LogP contribution in [0.3, 0.4) is 0 Å². The molecule has 0 aliphatic rings. The number of sulfonamides is 1. The second-order valence-corrected chi connectivity index (χ2v) is 9.69. The minimum Gasteiger partial charge on any atom is -0.496 e. The van der Waals surface area contributed by atoms with Gasteiger partial charge in [-0.2, -0.15) is 0 Å². The lowest BCUT2D eigenvalue weighted by Gasteiger charge is -2.13. The summed E-state index contributed by atoms with van der Waals surface area (Å²) in [6.45, 7) is 4.05. The van der Waals surface area contributed by atoms with Crippen molar-refractivity contribution in [2.45, 2.75) is 25.2 Å². The third-order valence-corrected chi connectivity index (χ3v) is 5.84. The molecule has 2 amide bonds. The molecule has 2 rings (SSSR count). The highest BCUT2D eigenvalue weighted by molar-refractivity contribution is 9.11. The Morgan fingerprint density at radius 1 is 1.40 bits per heavy atom. The first-order valence-electron chi connectivity index (χ1n) is 7.33. The molecule has 0 fully saturated rings. The highest BCUT2D eigenvalue weighted by Crippen LogP contribution is 2.25. The van der Waals surface area contributed by atoms with Crippen molar-refractivity contribution in [3.05, 3.63) is 33.7 Å². The molecule has 0 saturated carbocycles. The van der Waals surface area contributed by atoms with E-state index >= 15 is 0 Å². The lowest BCUT2D eigenvalue weighted by molar-refractivity contribution is 0.256. The van der Waals surface area contributed by atoms with E-state index in [-0.39, 0.29) is 10.0 Å². The van der Waals surface area contributed by atoms with Crippen LogP contribution in [0.4, 0.5) is 9.93 Å². The van der Waals surface area contributed by atoms with Crippen LogP contribution in [0.1, 0.15) is 19.4 Å². The average molecular weight is 448 g/mol. The molecule has 0 saturated heterocycles. The van der Waals surface area contributed by atoms with Crippen LogP contribution in [-0.2, 0) is 16.4 Å². The van der Waals surface area contributed by atoms with Gasteiger partial charge in [0.2, 0.25) is 0 Å². The number of methoxy groups -OCH3 is 1. The summed E-state index contributed by atoms with van der Waals surface area (Å²) in [7, 11) is -2.48. The minimum absolute atomic E-state index is 0.000538. The number of hydrogen-bond acceptors (Lipinski definition) is 6. The number of amides is 2. The molecule has 0 radical (unpaired) electrons. The van der Waals surface area contributed by atoms with Gasteiger partial charge in [-0.3, -0.25) is 5.32 Å². The van der Waals surface area contributed by atoms with Crippen molar-refractivity contribution in [2.24, 2.45) is 5.92 Å². The number of aromatic nitrogens is 1. The van der Waals surface area contributed by atoms with Crippen LogP contribution < -0.4 is 14.8 Å². The third-order valence-electron chi connectivity index (χ3n) is 3.12. The van der Waals surface area contributed by atoms with Crippen molar-refractivity contribution in [3.63, 3.8) is 0 Å². The first-order valence-corrected chi connectivity index (χ1v) is 10.4. The third kappa shape index (κ3) is 5.41. The van der Waals surface area contributed by atoms with Crippen molar-refractivity contribution in [1.82, 2.24) is 9.71 Å². The first-order chi connectivity index (χ1) is 11.7. The van der Waals surface area contributed by atoms with Crippen molar-refractivity contribution in [2.75, 3.05) is 12.4 Å². The summed E-state index contributed by atoms with van der Waals surface area (Å²) in [5, 5.41) is 2.67. The molecule has 0 unspecified atom stereocenters. The molecule has 0 spiro atoms. The van der Waals surface area contributed by atoms with Crippen LogP contribution in [0.5, 0.6) is 5.75 Å². The lowest BCUT2D eigenvalue weighted by Crippen LogP contribution is -2.34. The fourth-order valence-electron chi connectivity index (χ4n) is 2.14.